The van der Waals surface area contributed by atoms with Crippen molar-refractivity contribution in [2.75, 3.05) is 0 Å². The Bertz CT molecular complexity index is 875. The number of benzene rings is 2. The molecule has 0 saturated heterocycles. The van der Waals surface area contributed by atoms with E-state index in [0.717, 1.165) is 11.1 Å². The van der Waals surface area contributed by atoms with Crippen LogP contribution >= 0.6 is 11.6 Å². The van der Waals surface area contributed by atoms with Crippen molar-refractivity contribution >= 4 is 11.6 Å². The predicted octanol–water partition coefficient (Wildman–Crippen LogP) is 5.56. The topological polar surface area (TPSA) is 17.8 Å². The Labute approximate surface area is 144 Å². The van der Waals surface area contributed by atoms with Gasteiger partial charge in [0.05, 0.1) is 16.8 Å². The first-order chi connectivity index (χ1) is 11.4. The standard InChI is InChI=1S/C19H17ClF2N2/c1-4-12-9-14(21)16(15(22)10-12)17-18(24(3)23-19(17)20)13-7-5-11(2)6-8-13/h5-10H,4H2,1-3H3. The Balaban J connectivity index is 2.28. The highest BCUT2D eigenvalue weighted by Crippen LogP contribution is 2.40. The SMILES string of the molecule is CCc1cc(F)c(-c2c(Cl)nn(C)c2-c2ccc(C)cc2)c(F)c1. The van der Waals surface area contributed by atoms with Crippen LogP contribution in [0, 0.1) is 18.6 Å². The maximum Gasteiger partial charge on any atom is 0.159 e. The van der Waals surface area contributed by atoms with Crippen LogP contribution in [0.3, 0.4) is 0 Å². The van der Waals surface area contributed by atoms with Gasteiger partial charge in [0.15, 0.2) is 5.15 Å². The molecule has 5 heteroatoms. The van der Waals surface area contributed by atoms with E-state index in [4.69, 9.17) is 11.6 Å². The Morgan fingerprint density at radius 3 is 2.17 bits per heavy atom. The van der Waals surface area contributed by atoms with Crippen LogP contribution in [0.25, 0.3) is 22.4 Å². The quantitative estimate of drug-likeness (QED) is 0.607. The summed E-state index contributed by atoms with van der Waals surface area (Å²) in [6, 6.07) is 10.4. The van der Waals surface area contributed by atoms with E-state index in [-0.39, 0.29) is 16.3 Å². The number of halogens is 3. The lowest BCUT2D eigenvalue weighted by molar-refractivity contribution is 0.586. The van der Waals surface area contributed by atoms with Crippen LogP contribution in [-0.2, 0) is 13.5 Å². The summed E-state index contributed by atoms with van der Waals surface area (Å²) >= 11 is 6.22. The molecule has 0 N–H and O–H groups in total. The second-order valence-corrected chi connectivity index (χ2v) is 6.15. The summed E-state index contributed by atoms with van der Waals surface area (Å²) in [5, 5.41) is 4.24. The number of rotatable bonds is 3. The lowest BCUT2D eigenvalue weighted by Crippen LogP contribution is -1.97. The van der Waals surface area contributed by atoms with Gasteiger partial charge < -0.3 is 0 Å². The Morgan fingerprint density at radius 1 is 1.04 bits per heavy atom. The predicted molar refractivity (Wildman–Crippen MR) is 93.1 cm³/mol. The van der Waals surface area contributed by atoms with E-state index in [1.165, 1.54) is 12.1 Å². The average molecular weight is 347 g/mol. The molecule has 1 heterocycles. The number of aromatic nitrogens is 2. The molecule has 2 aromatic carbocycles. The van der Waals surface area contributed by atoms with Gasteiger partial charge in [0, 0.05) is 12.6 Å². The number of hydrogen-bond acceptors (Lipinski definition) is 1. The summed E-state index contributed by atoms with van der Waals surface area (Å²) in [4.78, 5) is 0. The van der Waals surface area contributed by atoms with Crippen LogP contribution < -0.4 is 0 Å². The molecule has 0 atom stereocenters. The highest BCUT2D eigenvalue weighted by atomic mass is 35.5. The zero-order valence-corrected chi connectivity index (χ0v) is 14.5. The molecule has 0 saturated carbocycles. The van der Waals surface area contributed by atoms with Gasteiger partial charge in [-0.15, -0.1) is 0 Å². The molecule has 24 heavy (non-hydrogen) atoms. The van der Waals surface area contributed by atoms with Crippen molar-refractivity contribution in [1.29, 1.82) is 0 Å². The van der Waals surface area contributed by atoms with Gasteiger partial charge in [-0.25, -0.2) is 8.78 Å². The van der Waals surface area contributed by atoms with Crippen molar-refractivity contribution in [1.82, 2.24) is 9.78 Å². The summed E-state index contributed by atoms with van der Waals surface area (Å²) in [6.07, 6.45) is 0.555. The van der Waals surface area contributed by atoms with Crippen LogP contribution in [0.5, 0.6) is 0 Å². The molecule has 0 spiro atoms. The highest BCUT2D eigenvalue weighted by Gasteiger charge is 2.24. The maximum absolute atomic E-state index is 14.6. The third kappa shape index (κ3) is 2.82. The van der Waals surface area contributed by atoms with Crippen molar-refractivity contribution in [3.8, 4) is 22.4 Å². The van der Waals surface area contributed by atoms with Gasteiger partial charge in [0.2, 0.25) is 0 Å². The van der Waals surface area contributed by atoms with Crippen molar-refractivity contribution in [2.45, 2.75) is 20.3 Å². The van der Waals surface area contributed by atoms with E-state index in [0.29, 0.717) is 17.7 Å². The molecule has 0 bridgehead atoms. The van der Waals surface area contributed by atoms with E-state index in [1.54, 1.807) is 11.7 Å². The van der Waals surface area contributed by atoms with Gasteiger partial charge >= 0.3 is 0 Å². The van der Waals surface area contributed by atoms with Gasteiger partial charge in [-0.1, -0.05) is 48.4 Å². The molecule has 3 aromatic rings. The first-order valence-corrected chi connectivity index (χ1v) is 8.08. The molecule has 0 unspecified atom stereocenters. The molecule has 2 nitrogen and oxygen atoms in total. The summed E-state index contributed by atoms with van der Waals surface area (Å²) in [5.74, 6) is -1.26. The lowest BCUT2D eigenvalue weighted by atomic mass is 9.98. The smallest absolute Gasteiger partial charge is 0.159 e. The van der Waals surface area contributed by atoms with E-state index in [1.807, 2.05) is 38.1 Å². The Hall–Kier alpha value is -2.20. The van der Waals surface area contributed by atoms with Gasteiger partial charge in [0.25, 0.3) is 0 Å². The van der Waals surface area contributed by atoms with Gasteiger partial charge in [-0.05, 0) is 31.0 Å². The number of hydrogen-bond donors (Lipinski definition) is 0. The van der Waals surface area contributed by atoms with E-state index >= 15 is 0 Å². The zero-order valence-electron chi connectivity index (χ0n) is 13.7. The van der Waals surface area contributed by atoms with Crippen LogP contribution in [0.4, 0.5) is 8.78 Å². The van der Waals surface area contributed by atoms with Crippen LogP contribution in [0.2, 0.25) is 5.15 Å². The molecule has 124 valence electrons. The molecule has 0 aliphatic carbocycles. The number of aryl methyl sites for hydroxylation is 3. The minimum absolute atomic E-state index is 0.0788. The van der Waals surface area contributed by atoms with Crippen molar-refractivity contribution in [3.63, 3.8) is 0 Å². The monoisotopic (exact) mass is 346 g/mol. The summed E-state index contributed by atoms with van der Waals surface area (Å²) in [7, 11) is 1.71. The highest BCUT2D eigenvalue weighted by molar-refractivity contribution is 6.33. The first kappa shape index (κ1) is 16.7. The van der Waals surface area contributed by atoms with Crippen molar-refractivity contribution < 1.29 is 8.78 Å². The molecule has 0 aliphatic rings. The Kier molecular flexibility index (Phi) is 4.41. The molecular weight excluding hydrogens is 330 g/mol. The molecule has 0 radical (unpaired) electrons. The fourth-order valence-corrected chi connectivity index (χ4v) is 3.12. The second-order valence-electron chi connectivity index (χ2n) is 5.79. The molecular formula is C19H17ClF2N2. The van der Waals surface area contributed by atoms with Gasteiger partial charge in [-0.3, -0.25) is 4.68 Å². The first-order valence-electron chi connectivity index (χ1n) is 7.70. The summed E-state index contributed by atoms with van der Waals surface area (Å²) in [6.45, 7) is 3.83. The number of nitrogens with zero attached hydrogens (tertiary/aromatic N) is 2. The van der Waals surface area contributed by atoms with Crippen LogP contribution in [0.1, 0.15) is 18.1 Å². The third-order valence-electron chi connectivity index (χ3n) is 4.09. The maximum atomic E-state index is 14.6. The lowest BCUT2D eigenvalue weighted by Gasteiger charge is -2.10. The van der Waals surface area contributed by atoms with Crippen molar-refractivity contribution in [2.24, 2.45) is 7.05 Å². The second kappa shape index (κ2) is 6.36. The fourth-order valence-electron chi connectivity index (χ4n) is 2.82. The summed E-state index contributed by atoms with van der Waals surface area (Å²) in [5.41, 5.74) is 3.23. The molecule has 3 rings (SSSR count). The summed E-state index contributed by atoms with van der Waals surface area (Å²) < 4.78 is 30.7. The van der Waals surface area contributed by atoms with Gasteiger partial charge in [-0.2, -0.15) is 5.10 Å². The average Bonchev–Trinajstić information content (AvgIpc) is 2.82. The Morgan fingerprint density at radius 2 is 1.62 bits per heavy atom. The molecule has 0 fully saturated rings. The third-order valence-corrected chi connectivity index (χ3v) is 4.35. The zero-order chi connectivity index (χ0) is 17.4. The fraction of sp³-hybridized carbons (Fsp3) is 0.211. The minimum Gasteiger partial charge on any atom is -0.266 e. The van der Waals surface area contributed by atoms with Crippen LogP contribution in [0.15, 0.2) is 36.4 Å². The largest absolute Gasteiger partial charge is 0.266 e. The van der Waals surface area contributed by atoms with Gasteiger partial charge in [0.1, 0.15) is 11.6 Å². The van der Waals surface area contributed by atoms with E-state index in [2.05, 4.69) is 5.10 Å². The van der Waals surface area contributed by atoms with Crippen LogP contribution in [-0.4, -0.2) is 9.78 Å². The molecule has 1 aromatic heterocycles. The molecule has 0 amide bonds. The van der Waals surface area contributed by atoms with E-state index < -0.39 is 11.6 Å². The van der Waals surface area contributed by atoms with E-state index in [9.17, 15) is 8.78 Å². The minimum atomic E-state index is -0.630. The normalized spacial score (nSPS) is 11.1. The molecule has 0 aliphatic heterocycles. The van der Waals surface area contributed by atoms with Crippen molar-refractivity contribution in [3.05, 3.63) is 64.3 Å².